The molecule has 0 aromatic heterocycles. The number of piperidine rings is 1. The van der Waals surface area contributed by atoms with Crippen molar-refractivity contribution in [2.45, 2.75) is 17.7 Å². The molecule has 1 aliphatic rings. The van der Waals surface area contributed by atoms with Crippen molar-refractivity contribution in [1.82, 2.24) is 4.72 Å². The molecule has 1 aromatic rings. The molecular formula is C14H23N3O3S. The Hall–Kier alpha value is -1.31. The molecule has 1 saturated heterocycles. The van der Waals surface area contributed by atoms with Crippen molar-refractivity contribution in [1.29, 1.82) is 0 Å². The molecule has 118 valence electrons. The monoisotopic (exact) mass is 313 g/mol. The second kappa shape index (κ2) is 6.64. The minimum atomic E-state index is -3.50. The SMILES string of the molecule is CNS(=O)(=O)c1ccc(N2CCC(COC)CC2)cc1N. The first kappa shape index (κ1) is 16.1. The van der Waals surface area contributed by atoms with Gasteiger partial charge in [0.25, 0.3) is 0 Å². The number of hydrogen-bond donors (Lipinski definition) is 2. The van der Waals surface area contributed by atoms with E-state index in [2.05, 4.69) is 9.62 Å². The zero-order valence-corrected chi connectivity index (χ0v) is 13.3. The predicted octanol–water partition coefficient (Wildman–Crippen LogP) is 1.04. The summed E-state index contributed by atoms with van der Waals surface area (Å²) in [5.74, 6) is 0.604. The Kier molecular flexibility index (Phi) is 5.08. The van der Waals surface area contributed by atoms with E-state index in [4.69, 9.17) is 10.5 Å². The first-order valence-corrected chi connectivity index (χ1v) is 8.53. The van der Waals surface area contributed by atoms with Crippen LogP contribution in [0.3, 0.4) is 0 Å². The first-order valence-electron chi connectivity index (χ1n) is 7.05. The fourth-order valence-corrected chi connectivity index (χ4v) is 3.52. The van der Waals surface area contributed by atoms with E-state index >= 15 is 0 Å². The number of nitrogens with zero attached hydrogens (tertiary/aromatic N) is 1. The number of hydrogen-bond acceptors (Lipinski definition) is 5. The molecule has 0 unspecified atom stereocenters. The molecule has 1 fully saturated rings. The second-order valence-corrected chi connectivity index (χ2v) is 7.17. The number of benzene rings is 1. The largest absolute Gasteiger partial charge is 0.398 e. The maximum absolute atomic E-state index is 11.8. The van der Waals surface area contributed by atoms with E-state index in [0.717, 1.165) is 38.2 Å². The third-order valence-electron chi connectivity index (χ3n) is 3.93. The van der Waals surface area contributed by atoms with Crippen molar-refractivity contribution in [3.8, 4) is 0 Å². The van der Waals surface area contributed by atoms with E-state index in [9.17, 15) is 8.42 Å². The second-order valence-electron chi connectivity index (χ2n) is 5.32. The molecule has 0 atom stereocenters. The van der Waals surface area contributed by atoms with Gasteiger partial charge in [0.05, 0.1) is 5.69 Å². The van der Waals surface area contributed by atoms with Gasteiger partial charge in [0.2, 0.25) is 10.0 Å². The Balaban J connectivity index is 2.11. The van der Waals surface area contributed by atoms with Crippen LogP contribution in [0, 0.1) is 5.92 Å². The highest BCUT2D eigenvalue weighted by molar-refractivity contribution is 7.89. The summed E-state index contributed by atoms with van der Waals surface area (Å²) in [6.45, 7) is 2.67. The van der Waals surface area contributed by atoms with Crippen molar-refractivity contribution in [2.75, 3.05) is 44.5 Å². The van der Waals surface area contributed by atoms with Crippen LogP contribution in [0.25, 0.3) is 0 Å². The van der Waals surface area contributed by atoms with Gasteiger partial charge < -0.3 is 15.4 Å². The smallest absolute Gasteiger partial charge is 0.242 e. The molecule has 1 aliphatic heterocycles. The average molecular weight is 313 g/mol. The topological polar surface area (TPSA) is 84.7 Å². The average Bonchev–Trinajstić information content (AvgIpc) is 2.48. The quantitative estimate of drug-likeness (QED) is 0.794. The van der Waals surface area contributed by atoms with E-state index in [-0.39, 0.29) is 10.6 Å². The van der Waals surface area contributed by atoms with Crippen LogP contribution in [0.2, 0.25) is 0 Å². The normalized spacial score (nSPS) is 17.1. The highest BCUT2D eigenvalue weighted by Crippen LogP contribution is 2.28. The van der Waals surface area contributed by atoms with Crippen LogP contribution in [0.5, 0.6) is 0 Å². The Morgan fingerprint density at radius 2 is 2.05 bits per heavy atom. The van der Waals surface area contributed by atoms with Crippen LogP contribution in [-0.2, 0) is 14.8 Å². The van der Waals surface area contributed by atoms with E-state index < -0.39 is 10.0 Å². The molecule has 0 amide bonds. The van der Waals surface area contributed by atoms with Crippen molar-refractivity contribution >= 4 is 21.4 Å². The maximum atomic E-state index is 11.8. The molecular weight excluding hydrogens is 290 g/mol. The van der Waals surface area contributed by atoms with Gasteiger partial charge in [-0.15, -0.1) is 0 Å². The lowest BCUT2D eigenvalue weighted by Crippen LogP contribution is -2.35. The highest BCUT2D eigenvalue weighted by Gasteiger charge is 2.21. The van der Waals surface area contributed by atoms with Crippen LogP contribution in [-0.4, -0.2) is 42.3 Å². The van der Waals surface area contributed by atoms with Gasteiger partial charge in [0, 0.05) is 32.5 Å². The minimum absolute atomic E-state index is 0.128. The molecule has 0 saturated carbocycles. The van der Waals surface area contributed by atoms with E-state index in [0.29, 0.717) is 5.92 Å². The minimum Gasteiger partial charge on any atom is -0.398 e. The number of nitrogen functional groups attached to an aromatic ring is 1. The molecule has 0 spiro atoms. The summed E-state index contributed by atoms with van der Waals surface area (Å²) in [6.07, 6.45) is 2.15. The predicted molar refractivity (Wildman–Crippen MR) is 83.9 cm³/mol. The lowest BCUT2D eigenvalue weighted by Gasteiger charge is -2.33. The summed E-state index contributed by atoms with van der Waals surface area (Å²) in [7, 11) is -0.394. The molecule has 1 aromatic carbocycles. The maximum Gasteiger partial charge on any atom is 0.242 e. The fourth-order valence-electron chi connectivity index (χ4n) is 2.68. The van der Waals surface area contributed by atoms with Gasteiger partial charge in [-0.1, -0.05) is 0 Å². The number of rotatable bonds is 5. The van der Waals surface area contributed by atoms with Crippen LogP contribution < -0.4 is 15.4 Å². The first-order chi connectivity index (χ1) is 9.97. The van der Waals surface area contributed by atoms with E-state index in [1.165, 1.54) is 7.05 Å². The molecule has 0 bridgehead atoms. The van der Waals surface area contributed by atoms with Crippen LogP contribution in [0.4, 0.5) is 11.4 Å². The Bertz CT molecular complexity index is 581. The number of nitrogens with two attached hydrogens (primary N) is 1. The number of anilines is 2. The number of nitrogens with one attached hydrogen (secondary N) is 1. The third kappa shape index (κ3) is 3.66. The van der Waals surface area contributed by atoms with E-state index in [1.54, 1.807) is 19.2 Å². The molecule has 1 heterocycles. The van der Waals surface area contributed by atoms with Gasteiger partial charge in [-0.05, 0) is 44.0 Å². The summed E-state index contributed by atoms with van der Waals surface area (Å²) in [5.41, 5.74) is 7.15. The van der Waals surface area contributed by atoms with Gasteiger partial charge in [-0.2, -0.15) is 0 Å². The lowest BCUT2D eigenvalue weighted by atomic mass is 9.97. The molecule has 2 rings (SSSR count). The molecule has 3 N–H and O–H groups in total. The Morgan fingerprint density at radius 3 is 2.57 bits per heavy atom. The zero-order chi connectivity index (χ0) is 15.5. The van der Waals surface area contributed by atoms with Crippen molar-refractivity contribution in [2.24, 2.45) is 5.92 Å². The number of methoxy groups -OCH3 is 1. The molecule has 21 heavy (non-hydrogen) atoms. The van der Waals surface area contributed by atoms with Crippen molar-refractivity contribution in [3.63, 3.8) is 0 Å². The number of sulfonamides is 1. The molecule has 0 aliphatic carbocycles. The number of ether oxygens (including phenoxy) is 1. The highest BCUT2D eigenvalue weighted by atomic mass is 32.2. The summed E-state index contributed by atoms with van der Waals surface area (Å²) in [4.78, 5) is 2.36. The van der Waals surface area contributed by atoms with Crippen LogP contribution in [0.1, 0.15) is 12.8 Å². The van der Waals surface area contributed by atoms with Crippen LogP contribution in [0.15, 0.2) is 23.1 Å². The summed E-state index contributed by atoms with van der Waals surface area (Å²) in [5, 5.41) is 0. The standard InChI is InChI=1S/C14H23N3O3S/c1-16-21(18,19)14-4-3-12(9-13(14)15)17-7-5-11(6-8-17)10-20-2/h3-4,9,11,16H,5-8,10,15H2,1-2H3. The molecule has 0 radical (unpaired) electrons. The Labute approximate surface area is 126 Å². The summed E-state index contributed by atoms with van der Waals surface area (Å²) >= 11 is 0. The fraction of sp³-hybridized carbons (Fsp3) is 0.571. The molecule has 7 heteroatoms. The zero-order valence-electron chi connectivity index (χ0n) is 12.5. The van der Waals surface area contributed by atoms with Crippen molar-refractivity contribution < 1.29 is 13.2 Å². The lowest BCUT2D eigenvalue weighted by molar-refractivity contribution is 0.139. The third-order valence-corrected chi connectivity index (χ3v) is 5.42. The van der Waals surface area contributed by atoms with E-state index in [1.807, 2.05) is 6.07 Å². The van der Waals surface area contributed by atoms with Gasteiger partial charge in [-0.3, -0.25) is 0 Å². The van der Waals surface area contributed by atoms with Crippen molar-refractivity contribution in [3.05, 3.63) is 18.2 Å². The molecule has 6 nitrogen and oxygen atoms in total. The Morgan fingerprint density at radius 1 is 1.38 bits per heavy atom. The van der Waals surface area contributed by atoms with Gasteiger partial charge in [-0.25, -0.2) is 13.1 Å². The van der Waals surface area contributed by atoms with Gasteiger partial charge >= 0.3 is 0 Å². The van der Waals surface area contributed by atoms with Gasteiger partial charge in [0.15, 0.2) is 0 Å². The summed E-state index contributed by atoms with van der Waals surface area (Å²) < 4.78 is 31.1. The van der Waals surface area contributed by atoms with Gasteiger partial charge in [0.1, 0.15) is 4.90 Å². The summed E-state index contributed by atoms with van der Waals surface area (Å²) in [6, 6.07) is 5.12. The van der Waals surface area contributed by atoms with Crippen LogP contribution >= 0.6 is 0 Å².